The molecule has 1 aromatic carbocycles. The molecule has 0 saturated carbocycles. The van der Waals surface area contributed by atoms with Crippen molar-refractivity contribution in [3.8, 4) is 5.75 Å². The summed E-state index contributed by atoms with van der Waals surface area (Å²) < 4.78 is 10.2. The number of likely N-dealkylation sites (N-methyl/N-ethyl adjacent to an activating group) is 1. The van der Waals surface area contributed by atoms with Crippen LogP contribution in [0.5, 0.6) is 5.75 Å². The average Bonchev–Trinajstić information content (AvgIpc) is 2.37. The van der Waals surface area contributed by atoms with Crippen molar-refractivity contribution < 1.29 is 9.47 Å². The summed E-state index contributed by atoms with van der Waals surface area (Å²) in [6, 6.07) is 8.28. The van der Waals surface area contributed by atoms with E-state index in [4.69, 9.17) is 15.2 Å². The lowest BCUT2D eigenvalue weighted by atomic mass is 10.2. The highest BCUT2D eigenvalue weighted by Crippen LogP contribution is 2.12. The summed E-state index contributed by atoms with van der Waals surface area (Å²) in [5.74, 6) is 0.887. The van der Waals surface area contributed by atoms with E-state index in [1.807, 2.05) is 12.1 Å². The number of nitrogens with two attached hydrogens (primary N) is 1. The Bertz CT molecular complexity index is 327. The highest BCUT2D eigenvalue weighted by Gasteiger charge is 2.07. The second-order valence-corrected chi connectivity index (χ2v) is 4.59. The number of hydrogen-bond donors (Lipinski definition) is 1. The molecule has 0 aromatic heterocycles. The summed E-state index contributed by atoms with van der Waals surface area (Å²) in [4.78, 5) is 2.22. The molecule has 2 N–H and O–H groups in total. The molecule has 4 nitrogen and oxygen atoms in total. The average molecular weight is 252 g/mol. The second-order valence-electron chi connectivity index (χ2n) is 4.59. The molecule has 0 fully saturated rings. The minimum absolute atomic E-state index is 0.160. The highest BCUT2D eigenvalue weighted by atomic mass is 16.5. The van der Waals surface area contributed by atoms with Crippen LogP contribution in [0.1, 0.15) is 12.0 Å². The molecule has 0 aliphatic carbocycles. The van der Waals surface area contributed by atoms with Crippen LogP contribution in [0.25, 0.3) is 0 Å². The van der Waals surface area contributed by atoms with Crippen molar-refractivity contribution in [1.82, 2.24) is 4.90 Å². The highest BCUT2D eigenvalue weighted by molar-refractivity contribution is 5.27. The van der Waals surface area contributed by atoms with E-state index >= 15 is 0 Å². The first-order valence-corrected chi connectivity index (χ1v) is 6.21. The summed E-state index contributed by atoms with van der Waals surface area (Å²) in [5.41, 5.74) is 7.28. The van der Waals surface area contributed by atoms with Gasteiger partial charge in [0.15, 0.2) is 0 Å². The van der Waals surface area contributed by atoms with E-state index in [0.717, 1.165) is 31.9 Å². The first-order valence-electron chi connectivity index (χ1n) is 6.21. The fraction of sp³-hybridized carbons (Fsp3) is 0.571. The normalized spacial score (nSPS) is 12.7. The predicted molar refractivity (Wildman–Crippen MR) is 73.8 cm³/mol. The maximum atomic E-state index is 6.02. The van der Waals surface area contributed by atoms with Gasteiger partial charge in [0.05, 0.1) is 7.11 Å². The summed E-state index contributed by atoms with van der Waals surface area (Å²) in [6.07, 6.45) is 0.892. The fourth-order valence-electron chi connectivity index (χ4n) is 1.87. The molecule has 1 atom stereocenters. The first kappa shape index (κ1) is 15.0. The van der Waals surface area contributed by atoms with Crippen molar-refractivity contribution in [3.63, 3.8) is 0 Å². The number of hydrogen-bond acceptors (Lipinski definition) is 4. The van der Waals surface area contributed by atoms with Crippen molar-refractivity contribution in [2.45, 2.75) is 19.0 Å². The number of ether oxygens (including phenoxy) is 2. The molecule has 0 bridgehead atoms. The maximum absolute atomic E-state index is 6.02. The molecule has 1 unspecified atom stereocenters. The van der Waals surface area contributed by atoms with Gasteiger partial charge in [-0.05, 0) is 31.2 Å². The molecule has 0 heterocycles. The Kier molecular flexibility index (Phi) is 6.72. The molecule has 1 aromatic rings. The van der Waals surface area contributed by atoms with Gasteiger partial charge in [0, 0.05) is 32.8 Å². The Morgan fingerprint density at radius 3 is 2.44 bits per heavy atom. The minimum atomic E-state index is 0.160. The van der Waals surface area contributed by atoms with Crippen LogP contribution in [0.4, 0.5) is 0 Å². The molecule has 4 heteroatoms. The molecule has 102 valence electrons. The monoisotopic (exact) mass is 252 g/mol. The molecule has 1 rings (SSSR count). The van der Waals surface area contributed by atoms with Gasteiger partial charge in [0.2, 0.25) is 0 Å². The Labute approximate surface area is 110 Å². The summed E-state index contributed by atoms with van der Waals surface area (Å²) in [6.45, 7) is 2.48. The molecule has 18 heavy (non-hydrogen) atoms. The van der Waals surface area contributed by atoms with Gasteiger partial charge in [-0.2, -0.15) is 0 Å². The zero-order valence-corrected chi connectivity index (χ0v) is 11.6. The minimum Gasteiger partial charge on any atom is -0.497 e. The zero-order chi connectivity index (χ0) is 13.4. The summed E-state index contributed by atoms with van der Waals surface area (Å²) in [7, 11) is 5.46. The fourth-order valence-corrected chi connectivity index (χ4v) is 1.87. The number of benzene rings is 1. The Balaban J connectivity index is 2.36. The lowest BCUT2D eigenvalue weighted by Gasteiger charge is -2.21. The van der Waals surface area contributed by atoms with Crippen molar-refractivity contribution in [2.75, 3.05) is 34.4 Å². The van der Waals surface area contributed by atoms with Crippen molar-refractivity contribution >= 4 is 0 Å². The summed E-state index contributed by atoms with van der Waals surface area (Å²) in [5, 5.41) is 0. The van der Waals surface area contributed by atoms with Crippen LogP contribution < -0.4 is 10.5 Å². The van der Waals surface area contributed by atoms with Gasteiger partial charge in [-0.1, -0.05) is 12.1 Å². The molecule has 0 spiro atoms. The van der Waals surface area contributed by atoms with E-state index < -0.39 is 0 Å². The predicted octanol–water partition coefficient (Wildman–Crippen LogP) is 1.49. The topological polar surface area (TPSA) is 47.7 Å². The largest absolute Gasteiger partial charge is 0.497 e. The number of methoxy groups -OCH3 is 2. The molecule has 0 saturated heterocycles. The van der Waals surface area contributed by atoms with E-state index in [9.17, 15) is 0 Å². The van der Waals surface area contributed by atoms with Crippen molar-refractivity contribution in [1.29, 1.82) is 0 Å². The third-order valence-corrected chi connectivity index (χ3v) is 2.85. The molecule has 0 aliphatic heterocycles. The third-order valence-electron chi connectivity index (χ3n) is 2.85. The van der Waals surface area contributed by atoms with Crippen molar-refractivity contribution in [3.05, 3.63) is 29.8 Å². The van der Waals surface area contributed by atoms with Crippen LogP contribution in [0.2, 0.25) is 0 Å². The van der Waals surface area contributed by atoms with Gasteiger partial charge in [-0.25, -0.2) is 0 Å². The van der Waals surface area contributed by atoms with Crippen LogP contribution in [0.15, 0.2) is 24.3 Å². The van der Waals surface area contributed by atoms with E-state index in [1.54, 1.807) is 14.2 Å². The lowest BCUT2D eigenvalue weighted by Crippen LogP contribution is -2.35. The van der Waals surface area contributed by atoms with Gasteiger partial charge < -0.3 is 20.1 Å². The zero-order valence-electron chi connectivity index (χ0n) is 11.6. The smallest absolute Gasteiger partial charge is 0.118 e. The van der Waals surface area contributed by atoms with E-state index in [0.29, 0.717) is 0 Å². The standard InChI is InChI=1S/C14H24N2O2/c1-16(11-13(15)8-9-17-2)10-12-4-6-14(18-3)7-5-12/h4-7,13H,8-11,15H2,1-3H3. The molecule has 0 radical (unpaired) electrons. The molecule has 0 aliphatic rings. The second kappa shape index (κ2) is 8.08. The molecular formula is C14H24N2O2. The number of nitrogens with zero attached hydrogens (tertiary/aromatic N) is 1. The Hall–Kier alpha value is -1.10. The van der Waals surface area contributed by atoms with Crippen LogP contribution in [-0.4, -0.2) is 45.4 Å². The van der Waals surface area contributed by atoms with Gasteiger partial charge in [0.1, 0.15) is 5.75 Å². The van der Waals surface area contributed by atoms with Gasteiger partial charge >= 0.3 is 0 Å². The van der Waals surface area contributed by atoms with Crippen molar-refractivity contribution in [2.24, 2.45) is 5.73 Å². The van der Waals surface area contributed by atoms with Crippen LogP contribution in [-0.2, 0) is 11.3 Å². The van der Waals surface area contributed by atoms with Crippen LogP contribution in [0.3, 0.4) is 0 Å². The van der Waals surface area contributed by atoms with E-state index in [-0.39, 0.29) is 6.04 Å². The molecular weight excluding hydrogens is 228 g/mol. The maximum Gasteiger partial charge on any atom is 0.118 e. The first-order chi connectivity index (χ1) is 8.65. The Morgan fingerprint density at radius 2 is 1.89 bits per heavy atom. The molecule has 0 amide bonds. The van der Waals surface area contributed by atoms with Gasteiger partial charge in [-0.15, -0.1) is 0 Å². The number of rotatable bonds is 8. The van der Waals surface area contributed by atoms with E-state index in [1.165, 1.54) is 5.56 Å². The van der Waals surface area contributed by atoms with Gasteiger partial charge in [-0.3, -0.25) is 0 Å². The lowest BCUT2D eigenvalue weighted by molar-refractivity contribution is 0.179. The Morgan fingerprint density at radius 1 is 1.22 bits per heavy atom. The summed E-state index contributed by atoms with van der Waals surface area (Å²) >= 11 is 0. The van der Waals surface area contributed by atoms with Gasteiger partial charge in [0.25, 0.3) is 0 Å². The third kappa shape index (κ3) is 5.49. The van der Waals surface area contributed by atoms with E-state index in [2.05, 4.69) is 24.1 Å². The van der Waals surface area contributed by atoms with Crippen LogP contribution >= 0.6 is 0 Å². The van der Waals surface area contributed by atoms with Crippen LogP contribution in [0, 0.1) is 0 Å². The quantitative estimate of drug-likeness (QED) is 0.761. The SMILES string of the molecule is COCCC(N)CN(C)Cc1ccc(OC)cc1.